The molecule has 1 aliphatic heterocycles. The van der Waals surface area contributed by atoms with Gasteiger partial charge in [0.1, 0.15) is 6.33 Å². The van der Waals surface area contributed by atoms with E-state index >= 15 is 0 Å². The third-order valence-electron chi connectivity index (χ3n) is 5.20. The number of alkyl halides is 3. The van der Waals surface area contributed by atoms with Crippen molar-refractivity contribution in [2.45, 2.75) is 38.6 Å². The molecule has 2 heterocycles. The maximum absolute atomic E-state index is 14.3. The predicted molar refractivity (Wildman–Crippen MR) is 121 cm³/mol. The van der Waals surface area contributed by atoms with Crippen molar-refractivity contribution in [3.8, 4) is 0 Å². The Kier molecular flexibility index (Phi) is 9.99. The molecule has 0 aliphatic carbocycles. The van der Waals surface area contributed by atoms with Crippen LogP contribution in [0.15, 0.2) is 30.6 Å². The molecule has 0 spiro atoms. The lowest BCUT2D eigenvalue weighted by molar-refractivity contribution is -0.137. The highest BCUT2D eigenvalue weighted by atomic mass is 19.4. The van der Waals surface area contributed by atoms with Crippen molar-refractivity contribution in [3.05, 3.63) is 47.5 Å². The van der Waals surface area contributed by atoms with Crippen LogP contribution < -0.4 is 16.0 Å². The number of nitrogens with one attached hydrogen (secondary N) is 1. The maximum Gasteiger partial charge on any atom is 0.416 e. The maximum atomic E-state index is 14.3. The van der Waals surface area contributed by atoms with Crippen LogP contribution in [0.3, 0.4) is 0 Å². The standard InChI is InChI=1S/C15H16F4N4.C7H14N2O2/c1-3-23(14-12(16)13(20-2)21-9-22-14)8-10-4-6-11(7-5-10)15(17,18)19;8-7(11)5-9-3-1-2-6(10)4-9/h4-7,9H,3,8H2,1-2H3,(H,20,21,22);6,10H,1-5H2,(H2,8,11). The second-order valence-electron chi connectivity index (χ2n) is 7.82. The van der Waals surface area contributed by atoms with E-state index in [2.05, 4.69) is 15.3 Å². The summed E-state index contributed by atoms with van der Waals surface area (Å²) in [5, 5.41) is 11.8. The number of anilines is 2. The van der Waals surface area contributed by atoms with Crippen molar-refractivity contribution in [1.29, 1.82) is 0 Å². The Morgan fingerprint density at radius 3 is 2.50 bits per heavy atom. The van der Waals surface area contributed by atoms with Crippen LogP contribution in [0.2, 0.25) is 0 Å². The minimum absolute atomic E-state index is 0.0702. The lowest BCUT2D eigenvalue weighted by Gasteiger charge is -2.28. The van der Waals surface area contributed by atoms with Crippen LogP contribution in [0.5, 0.6) is 0 Å². The quantitative estimate of drug-likeness (QED) is 0.517. The molecule has 1 atom stereocenters. The number of hydrogen-bond donors (Lipinski definition) is 3. The van der Waals surface area contributed by atoms with Crippen molar-refractivity contribution in [1.82, 2.24) is 14.9 Å². The fourth-order valence-electron chi connectivity index (χ4n) is 3.51. The molecule has 1 aromatic heterocycles. The van der Waals surface area contributed by atoms with Gasteiger partial charge in [0.25, 0.3) is 0 Å². The molecule has 4 N–H and O–H groups in total. The van der Waals surface area contributed by atoms with Crippen LogP contribution in [-0.2, 0) is 17.5 Å². The van der Waals surface area contributed by atoms with Crippen molar-refractivity contribution in [2.75, 3.05) is 43.4 Å². The van der Waals surface area contributed by atoms with E-state index in [0.717, 1.165) is 31.5 Å². The highest BCUT2D eigenvalue weighted by Crippen LogP contribution is 2.29. The highest BCUT2D eigenvalue weighted by Gasteiger charge is 2.30. The highest BCUT2D eigenvalue weighted by molar-refractivity contribution is 5.75. The number of rotatable bonds is 7. The first kappa shape index (κ1) is 27.3. The molecule has 3 rings (SSSR count). The van der Waals surface area contributed by atoms with E-state index in [0.29, 0.717) is 18.7 Å². The number of likely N-dealkylation sites (tertiary alicyclic amines) is 1. The van der Waals surface area contributed by atoms with Crippen molar-refractivity contribution < 1.29 is 27.5 Å². The second kappa shape index (κ2) is 12.5. The normalized spacial score (nSPS) is 16.4. The molecule has 12 heteroatoms. The van der Waals surface area contributed by atoms with Crippen LogP contribution in [0, 0.1) is 5.82 Å². The number of carbonyl (C=O) groups is 1. The number of halogens is 4. The van der Waals surface area contributed by atoms with Gasteiger partial charge in [0.05, 0.1) is 18.2 Å². The first-order chi connectivity index (χ1) is 16.0. The fraction of sp³-hybridized carbons (Fsp3) is 0.500. The third kappa shape index (κ3) is 8.10. The molecule has 0 radical (unpaired) electrons. The zero-order valence-electron chi connectivity index (χ0n) is 19.1. The van der Waals surface area contributed by atoms with Gasteiger partial charge >= 0.3 is 6.18 Å². The van der Waals surface area contributed by atoms with Gasteiger partial charge < -0.3 is 21.1 Å². The van der Waals surface area contributed by atoms with Gasteiger partial charge in [-0.1, -0.05) is 12.1 Å². The molecule has 0 bridgehead atoms. The minimum Gasteiger partial charge on any atom is -0.392 e. The molecule has 1 fully saturated rings. The summed E-state index contributed by atoms with van der Waals surface area (Å²) in [5.41, 5.74) is 4.92. The van der Waals surface area contributed by atoms with Crippen LogP contribution in [0.4, 0.5) is 29.2 Å². The van der Waals surface area contributed by atoms with Gasteiger partial charge in [-0.2, -0.15) is 17.6 Å². The largest absolute Gasteiger partial charge is 0.416 e. The third-order valence-corrected chi connectivity index (χ3v) is 5.20. The van der Waals surface area contributed by atoms with Gasteiger partial charge in [0.2, 0.25) is 11.7 Å². The van der Waals surface area contributed by atoms with Crippen LogP contribution in [-0.4, -0.2) is 65.2 Å². The Bertz CT molecular complexity index is 927. The molecule has 1 saturated heterocycles. The van der Waals surface area contributed by atoms with Crippen molar-refractivity contribution in [3.63, 3.8) is 0 Å². The molecule has 34 heavy (non-hydrogen) atoms. The number of carbonyl (C=O) groups excluding carboxylic acids is 1. The van der Waals surface area contributed by atoms with Crippen molar-refractivity contribution >= 4 is 17.5 Å². The molecular formula is C22H30F4N6O2. The van der Waals surface area contributed by atoms with E-state index in [-0.39, 0.29) is 36.7 Å². The van der Waals surface area contributed by atoms with E-state index in [1.54, 1.807) is 11.9 Å². The lowest BCUT2D eigenvalue weighted by Crippen LogP contribution is -2.42. The number of nitrogens with two attached hydrogens (primary N) is 1. The summed E-state index contributed by atoms with van der Waals surface area (Å²) >= 11 is 0. The van der Waals surface area contributed by atoms with Gasteiger partial charge in [-0.25, -0.2) is 9.97 Å². The summed E-state index contributed by atoms with van der Waals surface area (Å²) in [7, 11) is 1.54. The summed E-state index contributed by atoms with van der Waals surface area (Å²) in [6.45, 7) is 4.23. The summed E-state index contributed by atoms with van der Waals surface area (Å²) in [5.74, 6) is -0.740. The molecule has 8 nitrogen and oxygen atoms in total. The molecule has 1 unspecified atom stereocenters. The number of aliphatic hydroxyl groups is 1. The van der Waals surface area contributed by atoms with Gasteiger partial charge in [-0.15, -0.1) is 0 Å². The predicted octanol–water partition coefficient (Wildman–Crippen LogP) is 2.63. The number of benzene rings is 1. The summed E-state index contributed by atoms with van der Waals surface area (Å²) in [6, 6.07) is 4.78. The molecule has 0 saturated carbocycles. The molecular weight excluding hydrogens is 456 g/mol. The summed E-state index contributed by atoms with van der Waals surface area (Å²) in [4.78, 5) is 21.7. The number of β-amino-alcohol motifs (C(OH)–C–C–N with tert-alkyl or cyclic N) is 1. The smallest absolute Gasteiger partial charge is 0.392 e. The van der Waals surface area contributed by atoms with Gasteiger partial charge in [-0.05, 0) is 44.0 Å². The molecule has 188 valence electrons. The first-order valence-electron chi connectivity index (χ1n) is 10.8. The zero-order chi connectivity index (χ0) is 25.3. The first-order valence-corrected chi connectivity index (χ1v) is 10.8. The number of piperidine rings is 1. The molecule has 1 amide bonds. The lowest BCUT2D eigenvalue weighted by atomic mass is 10.1. The SMILES string of the molecule is CCN(Cc1ccc(C(F)(F)F)cc1)c1ncnc(NC)c1F.NC(=O)CN1CCCC(O)C1. The zero-order valence-corrected chi connectivity index (χ0v) is 19.1. The molecule has 2 aromatic rings. The van der Waals surface area contributed by atoms with Crippen LogP contribution in [0.25, 0.3) is 0 Å². The minimum atomic E-state index is -4.37. The van der Waals surface area contributed by atoms with E-state index in [4.69, 9.17) is 5.73 Å². The Morgan fingerprint density at radius 1 is 1.29 bits per heavy atom. The Labute approximate surface area is 195 Å². The van der Waals surface area contributed by atoms with E-state index < -0.39 is 17.6 Å². The summed E-state index contributed by atoms with van der Waals surface area (Å²) < 4.78 is 52.0. The number of aromatic nitrogens is 2. The number of aliphatic hydroxyl groups excluding tert-OH is 1. The van der Waals surface area contributed by atoms with E-state index in [1.807, 2.05) is 11.8 Å². The monoisotopic (exact) mass is 486 g/mol. The second-order valence-corrected chi connectivity index (χ2v) is 7.82. The Hall–Kier alpha value is -2.99. The van der Waals surface area contributed by atoms with Crippen molar-refractivity contribution in [2.24, 2.45) is 5.73 Å². The Morgan fingerprint density at radius 2 is 1.97 bits per heavy atom. The number of nitrogens with zero attached hydrogens (tertiary/aromatic N) is 4. The molecule has 1 aromatic carbocycles. The van der Waals surface area contributed by atoms with Gasteiger partial charge in [0, 0.05) is 26.7 Å². The number of hydrogen-bond acceptors (Lipinski definition) is 7. The van der Waals surface area contributed by atoms with Crippen LogP contribution in [0.1, 0.15) is 30.9 Å². The van der Waals surface area contributed by atoms with E-state index in [1.165, 1.54) is 18.5 Å². The fourth-order valence-corrected chi connectivity index (χ4v) is 3.51. The average Bonchev–Trinajstić information content (AvgIpc) is 2.77. The average molecular weight is 487 g/mol. The van der Waals surface area contributed by atoms with Crippen LogP contribution >= 0.6 is 0 Å². The van der Waals surface area contributed by atoms with Gasteiger partial charge in [0.15, 0.2) is 11.6 Å². The Balaban J connectivity index is 0.000000310. The number of primary amides is 1. The van der Waals surface area contributed by atoms with E-state index in [9.17, 15) is 27.5 Å². The van der Waals surface area contributed by atoms with Gasteiger partial charge in [-0.3, -0.25) is 9.69 Å². The molecule has 1 aliphatic rings. The number of amides is 1. The summed E-state index contributed by atoms with van der Waals surface area (Å²) in [6.07, 6.45) is -1.62. The topological polar surface area (TPSA) is 108 Å².